The fourth-order valence-corrected chi connectivity index (χ4v) is 2.74. The van der Waals surface area contributed by atoms with Gasteiger partial charge in [-0.2, -0.15) is 0 Å². The predicted molar refractivity (Wildman–Crippen MR) is 114 cm³/mol. The standard InChI is InChI=1S/C20H38N4O7/c1-7-9(3)14(18(28)23-15(20(30)31)10(4)8-2)22-19(29)16(12(6)26)24-17(27)13(21)11(5)25/h9-16,25-26H,7-8,21H2,1-6H3,(H,22,29)(H,23,28)(H,24,27)(H,30,31). The van der Waals surface area contributed by atoms with Crippen molar-refractivity contribution < 1.29 is 34.5 Å². The number of aliphatic hydroxyl groups is 2. The lowest BCUT2D eigenvalue weighted by molar-refractivity contribution is -0.144. The van der Waals surface area contributed by atoms with Crippen molar-refractivity contribution in [2.75, 3.05) is 0 Å². The topological polar surface area (TPSA) is 191 Å². The van der Waals surface area contributed by atoms with Gasteiger partial charge in [0, 0.05) is 0 Å². The van der Waals surface area contributed by atoms with E-state index in [-0.39, 0.29) is 11.8 Å². The van der Waals surface area contributed by atoms with Crippen LogP contribution < -0.4 is 21.7 Å². The number of carbonyl (C=O) groups is 4. The number of aliphatic carboxylic acids is 1. The fraction of sp³-hybridized carbons (Fsp3) is 0.800. The third-order valence-electron chi connectivity index (χ3n) is 5.46. The number of nitrogens with two attached hydrogens (primary N) is 1. The van der Waals surface area contributed by atoms with Crippen molar-refractivity contribution in [3.05, 3.63) is 0 Å². The molecule has 0 heterocycles. The summed E-state index contributed by atoms with van der Waals surface area (Å²) in [5.74, 6) is -4.23. The van der Waals surface area contributed by atoms with Gasteiger partial charge in [0.1, 0.15) is 24.2 Å². The third-order valence-corrected chi connectivity index (χ3v) is 5.46. The maximum atomic E-state index is 12.8. The molecule has 0 radical (unpaired) electrons. The van der Waals surface area contributed by atoms with Crippen LogP contribution in [0, 0.1) is 11.8 Å². The molecular formula is C20H38N4O7. The monoisotopic (exact) mass is 446 g/mol. The second-order valence-electron chi connectivity index (χ2n) is 8.08. The molecule has 0 aliphatic heterocycles. The highest BCUT2D eigenvalue weighted by Crippen LogP contribution is 2.12. The molecule has 3 amide bonds. The van der Waals surface area contributed by atoms with Gasteiger partial charge in [-0.15, -0.1) is 0 Å². The molecule has 0 aromatic rings. The van der Waals surface area contributed by atoms with Gasteiger partial charge in [-0.1, -0.05) is 40.5 Å². The summed E-state index contributed by atoms with van der Waals surface area (Å²) in [4.78, 5) is 49.3. The average Bonchev–Trinajstić information content (AvgIpc) is 2.70. The lowest BCUT2D eigenvalue weighted by Gasteiger charge is -2.30. The first-order chi connectivity index (χ1) is 14.3. The van der Waals surface area contributed by atoms with E-state index >= 15 is 0 Å². The zero-order valence-electron chi connectivity index (χ0n) is 19.1. The summed E-state index contributed by atoms with van der Waals surface area (Å²) in [6.45, 7) is 9.59. The number of carboxylic acid groups (broad SMARTS) is 1. The normalized spacial score (nSPS) is 19.0. The van der Waals surface area contributed by atoms with Gasteiger partial charge in [0.05, 0.1) is 12.2 Å². The van der Waals surface area contributed by atoms with Crippen LogP contribution in [-0.4, -0.2) is 75.4 Å². The van der Waals surface area contributed by atoms with E-state index in [1.807, 2.05) is 0 Å². The van der Waals surface area contributed by atoms with Crippen LogP contribution in [-0.2, 0) is 19.2 Å². The van der Waals surface area contributed by atoms with E-state index in [9.17, 15) is 34.5 Å². The van der Waals surface area contributed by atoms with Crippen LogP contribution in [0.15, 0.2) is 0 Å². The Morgan fingerprint density at radius 2 is 1.10 bits per heavy atom. The summed E-state index contributed by atoms with van der Waals surface area (Å²) < 4.78 is 0. The van der Waals surface area contributed by atoms with E-state index in [0.29, 0.717) is 12.8 Å². The van der Waals surface area contributed by atoms with Crippen molar-refractivity contribution in [1.29, 1.82) is 0 Å². The Balaban J connectivity index is 5.56. The number of nitrogens with one attached hydrogen (secondary N) is 3. The summed E-state index contributed by atoms with van der Waals surface area (Å²) in [7, 11) is 0. The summed E-state index contributed by atoms with van der Waals surface area (Å²) in [5, 5.41) is 36.1. The van der Waals surface area contributed by atoms with Crippen molar-refractivity contribution in [3.8, 4) is 0 Å². The molecule has 0 aromatic carbocycles. The van der Waals surface area contributed by atoms with Crippen molar-refractivity contribution in [2.45, 2.75) is 90.8 Å². The predicted octanol–water partition coefficient (Wildman–Crippen LogP) is -1.29. The first kappa shape index (κ1) is 28.8. The Morgan fingerprint density at radius 1 is 0.710 bits per heavy atom. The Bertz CT molecular complexity index is 627. The highest BCUT2D eigenvalue weighted by Gasteiger charge is 2.35. The molecule has 11 nitrogen and oxygen atoms in total. The van der Waals surface area contributed by atoms with E-state index < -0.39 is 60.1 Å². The number of aliphatic hydroxyl groups excluding tert-OH is 2. The zero-order chi connectivity index (χ0) is 24.5. The quantitative estimate of drug-likeness (QED) is 0.182. The Labute approximate surface area is 183 Å². The SMILES string of the molecule is CCC(C)C(NC(=O)C(NC(=O)C(NC(=O)C(N)C(C)O)C(C)O)C(C)CC)C(=O)O. The Kier molecular flexibility index (Phi) is 12.3. The number of amides is 3. The minimum atomic E-state index is -1.43. The first-order valence-corrected chi connectivity index (χ1v) is 10.5. The molecule has 180 valence electrons. The molecule has 8 atom stereocenters. The number of hydrogen-bond acceptors (Lipinski definition) is 7. The molecule has 11 heteroatoms. The summed E-state index contributed by atoms with van der Waals surface area (Å²) in [5.41, 5.74) is 5.56. The number of rotatable bonds is 13. The van der Waals surface area contributed by atoms with Crippen molar-refractivity contribution in [3.63, 3.8) is 0 Å². The van der Waals surface area contributed by atoms with E-state index in [1.54, 1.807) is 27.7 Å². The van der Waals surface area contributed by atoms with Gasteiger partial charge in [-0.05, 0) is 25.7 Å². The van der Waals surface area contributed by atoms with Crippen LogP contribution in [0.1, 0.15) is 54.4 Å². The Morgan fingerprint density at radius 3 is 1.48 bits per heavy atom. The molecule has 31 heavy (non-hydrogen) atoms. The van der Waals surface area contributed by atoms with E-state index in [4.69, 9.17) is 5.73 Å². The van der Waals surface area contributed by atoms with Gasteiger partial charge in [-0.3, -0.25) is 14.4 Å². The minimum Gasteiger partial charge on any atom is -0.480 e. The molecule has 0 saturated heterocycles. The molecule has 0 aliphatic carbocycles. The van der Waals surface area contributed by atoms with Gasteiger partial charge in [-0.25, -0.2) is 4.79 Å². The van der Waals surface area contributed by atoms with Crippen molar-refractivity contribution >= 4 is 23.7 Å². The zero-order valence-corrected chi connectivity index (χ0v) is 19.1. The fourth-order valence-electron chi connectivity index (χ4n) is 2.74. The largest absolute Gasteiger partial charge is 0.480 e. The number of hydrogen-bond donors (Lipinski definition) is 7. The molecule has 0 rings (SSSR count). The van der Waals surface area contributed by atoms with Crippen LogP contribution >= 0.6 is 0 Å². The van der Waals surface area contributed by atoms with Gasteiger partial charge in [0.2, 0.25) is 17.7 Å². The third kappa shape index (κ3) is 8.80. The van der Waals surface area contributed by atoms with Crippen LogP contribution in [0.5, 0.6) is 0 Å². The molecule has 0 aliphatic rings. The van der Waals surface area contributed by atoms with Crippen molar-refractivity contribution in [1.82, 2.24) is 16.0 Å². The molecule has 0 fully saturated rings. The molecule has 0 spiro atoms. The van der Waals surface area contributed by atoms with Gasteiger partial charge in [0.25, 0.3) is 0 Å². The van der Waals surface area contributed by atoms with Gasteiger partial charge in [0.15, 0.2) is 0 Å². The highest BCUT2D eigenvalue weighted by atomic mass is 16.4. The van der Waals surface area contributed by atoms with Crippen molar-refractivity contribution in [2.24, 2.45) is 17.6 Å². The molecular weight excluding hydrogens is 408 g/mol. The first-order valence-electron chi connectivity index (χ1n) is 10.5. The maximum Gasteiger partial charge on any atom is 0.326 e. The second-order valence-corrected chi connectivity index (χ2v) is 8.08. The molecule has 0 aromatic heterocycles. The molecule has 8 N–H and O–H groups in total. The lowest BCUT2D eigenvalue weighted by Crippen LogP contribution is -2.62. The van der Waals surface area contributed by atoms with Gasteiger partial charge >= 0.3 is 5.97 Å². The van der Waals surface area contributed by atoms with E-state index in [2.05, 4.69) is 16.0 Å². The van der Waals surface area contributed by atoms with Crippen LogP contribution in [0.25, 0.3) is 0 Å². The highest BCUT2D eigenvalue weighted by molar-refractivity contribution is 5.94. The maximum absolute atomic E-state index is 12.8. The smallest absolute Gasteiger partial charge is 0.326 e. The second kappa shape index (κ2) is 13.2. The minimum absolute atomic E-state index is 0.332. The van der Waals surface area contributed by atoms with E-state index in [0.717, 1.165) is 0 Å². The number of carbonyl (C=O) groups excluding carboxylic acids is 3. The summed E-state index contributed by atoms with van der Waals surface area (Å²) in [6, 6.07) is -4.96. The summed E-state index contributed by atoms with van der Waals surface area (Å²) >= 11 is 0. The van der Waals surface area contributed by atoms with E-state index in [1.165, 1.54) is 13.8 Å². The lowest BCUT2D eigenvalue weighted by atomic mass is 9.95. The molecule has 0 bridgehead atoms. The summed E-state index contributed by atoms with van der Waals surface area (Å²) in [6.07, 6.45) is -1.47. The average molecular weight is 447 g/mol. The van der Waals surface area contributed by atoms with Crippen LogP contribution in [0.2, 0.25) is 0 Å². The van der Waals surface area contributed by atoms with Crippen LogP contribution in [0.4, 0.5) is 0 Å². The Hall–Kier alpha value is -2.24. The van der Waals surface area contributed by atoms with Crippen LogP contribution in [0.3, 0.4) is 0 Å². The number of carboxylic acids is 1. The van der Waals surface area contributed by atoms with Gasteiger partial charge < -0.3 is 37.0 Å². The molecule has 8 unspecified atom stereocenters. The molecule has 0 saturated carbocycles.